The summed E-state index contributed by atoms with van der Waals surface area (Å²) in [5.41, 5.74) is -8.00. The second-order valence-corrected chi connectivity index (χ2v) is 19.3. The molecule has 14 nitrogen and oxygen atoms in total. The summed E-state index contributed by atoms with van der Waals surface area (Å²) >= 11 is 0. The van der Waals surface area contributed by atoms with E-state index < -0.39 is 102 Å². The minimum Gasteiger partial charge on any atom is -0.493 e. The van der Waals surface area contributed by atoms with Gasteiger partial charge in [0.2, 0.25) is 12.4 Å². The summed E-state index contributed by atoms with van der Waals surface area (Å²) in [5.74, 6) is -2.54. The minimum absolute atomic E-state index is 0.0239. The molecule has 77 heavy (non-hydrogen) atoms. The highest BCUT2D eigenvalue weighted by Gasteiger charge is 2.63. The van der Waals surface area contributed by atoms with E-state index in [4.69, 9.17) is 19.3 Å². The van der Waals surface area contributed by atoms with Crippen LogP contribution in [-0.4, -0.2) is 126 Å². The Morgan fingerprint density at radius 3 is 1.42 bits per heavy atom. The largest absolute Gasteiger partial charge is 0.493 e. The molecule has 430 valence electrons. The van der Waals surface area contributed by atoms with Crippen LogP contribution in [0.1, 0.15) is 102 Å². The van der Waals surface area contributed by atoms with Gasteiger partial charge in [-0.1, -0.05) is 87.9 Å². The van der Waals surface area contributed by atoms with E-state index in [1.54, 1.807) is 58.9 Å². The number of aliphatic hydroxyl groups excluding tert-OH is 1. The highest BCUT2D eigenvalue weighted by atomic mass is 19.4. The zero-order valence-electron chi connectivity index (χ0n) is 44.2. The maximum Gasteiger partial charge on any atom is 0.428 e. The van der Waals surface area contributed by atoms with Crippen LogP contribution >= 0.6 is 0 Å². The number of benzene rings is 3. The molecule has 0 spiro atoms. The number of rotatable bonds is 15. The fourth-order valence-corrected chi connectivity index (χ4v) is 8.13. The number of ketones is 1. The number of para-hydroxylation sites is 3. The van der Waals surface area contributed by atoms with Gasteiger partial charge in [-0.05, 0) is 60.8 Å². The summed E-state index contributed by atoms with van der Waals surface area (Å²) in [6, 6.07) is 18.8. The van der Waals surface area contributed by atoms with E-state index >= 15 is 0 Å². The minimum atomic E-state index is -5.14. The molecule has 3 aliphatic rings. The van der Waals surface area contributed by atoms with Gasteiger partial charge in [0, 0.05) is 50.2 Å². The molecule has 0 saturated heterocycles. The van der Waals surface area contributed by atoms with Gasteiger partial charge in [0.25, 0.3) is 11.2 Å². The molecule has 3 unspecified atom stereocenters. The molecule has 4 N–H and O–H groups in total. The summed E-state index contributed by atoms with van der Waals surface area (Å²) in [7, 11) is 0. The zero-order chi connectivity index (χ0) is 59.0. The zero-order valence-corrected chi connectivity index (χ0v) is 44.2. The summed E-state index contributed by atoms with van der Waals surface area (Å²) in [5, 5.41) is 38.2. The van der Waals surface area contributed by atoms with Crippen LogP contribution in [-0.2, 0) is 63.5 Å². The molecule has 0 aromatic heterocycles. The number of ether oxygens (including phenoxy) is 6. The Morgan fingerprint density at radius 2 is 1.03 bits per heavy atom. The molecule has 23 heteroatoms. The third kappa shape index (κ3) is 17.7. The Morgan fingerprint density at radius 1 is 0.597 bits per heavy atom. The number of hydrogen-bond donors (Lipinski definition) is 4. The number of aliphatic hydroxyl groups is 4. The lowest BCUT2D eigenvalue weighted by atomic mass is 9.74. The van der Waals surface area contributed by atoms with Gasteiger partial charge in [-0.3, -0.25) is 4.79 Å². The summed E-state index contributed by atoms with van der Waals surface area (Å²) in [6.45, 7) is 18.1. The van der Waals surface area contributed by atoms with Gasteiger partial charge in [0.15, 0.2) is 5.60 Å². The fourth-order valence-electron chi connectivity index (χ4n) is 8.13. The number of halogens is 9. The number of carbonyl (C=O) groups is 4. The van der Waals surface area contributed by atoms with Crippen molar-refractivity contribution in [1.82, 2.24) is 0 Å². The van der Waals surface area contributed by atoms with Crippen LogP contribution in [0.4, 0.5) is 39.5 Å². The standard InChI is InChI=1S/C17H21F3O4.C15H19F3O3.C9H12F3O3.C8H8O.C5H8O3/c1-4-23-14(21)16(22,17(18,19)20)10-15(2,3)12-7-5-6-11-8-9-24-13(11)12;1-13(2,8-14(20,9-19)15(16,17)18)11-5-3-4-10-6-7-21-12(10)11;1-4-15-7(13)8(14,5-6(2)3)9(10,11)12;1-2-4-8-7(3-1)5-6-9-8;1-3-8-5(7)4(2)6/h5-7,22H,4,8-10H2,1-3H3;3-5,19-20H,6-9H2,1-2H3;14H,1-2,4-5H2,3H3;1-4H,5-6H2;3H2,1-2H3/q;;+1;;. The lowest BCUT2D eigenvalue weighted by molar-refractivity contribution is -0.277. The number of fused-ring (bicyclic) bond motifs is 3. The van der Waals surface area contributed by atoms with E-state index in [9.17, 15) is 74.0 Å². The Labute approximate surface area is 441 Å². The molecule has 0 radical (unpaired) electrons. The van der Waals surface area contributed by atoms with Crippen LogP contribution in [0.2, 0.25) is 0 Å². The second-order valence-electron chi connectivity index (χ2n) is 19.3. The predicted octanol–water partition coefficient (Wildman–Crippen LogP) is 9.10. The predicted molar refractivity (Wildman–Crippen MR) is 262 cm³/mol. The van der Waals surface area contributed by atoms with E-state index in [1.165, 1.54) is 26.3 Å². The lowest BCUT2D eigenvalue weighted by Crippen LogP contribution is -2.55. The first-order valence-electron chi connectivity index (χ1n) is 24.1. The summed E-state index contributed by atoms with van der Waals surface area (Å²) < 4.78 is 146. The van der Waals surface area contributed by atoms with Crippen molar-refractivity contribution in [2.75, 3.05) is 46.2 Å². The molecular formula is C54H68F9O14+. The third-order valence-electron chi connectivity index (χ3n) is 12.0. The van der Waals surface area contributed by atoms with Gasteiger partial charge in [-0.2, -0.15) is 39.5 Å². The third-order valence-corrected chi connectivity index (χ3v) is 12.0. The normalized spacial score (nSPS) is 15.8. The van der Waals surface area contributed by atoms with Crippen LogP contribution < -0.4 is 14.2 Å². The molecule has 3 aliphatic heterocycles. The van der Waals surface area contributed by atoms with Gasteiger partial charge in [-0.15, -0.1) is 6.58 Å². The number of alkyl halides is 9. The van der Waals surface area contributed by atoms with Crippen LogP contribution in [0.25, 0.3) is 0 Å². The molecule has 6 rings (SSSR count). The van der Waals surface area contributed by atoms with Crippen molar-refractivity contribution in [3.63, 3.8) is 0 Å². The van der Waals surface area contributed by atoms with Crippen molar-refractivity contribution >= 4 is 23.7 Å². The first-order chi connectivity index (χ1) is 35.4. The van der Waals surface area contributed by atoms with Crippen molar-refractivity contribution < 1.29 is 108 Å². The van der Waals surface area contributed by atoms with Gasteiger partial charge in [0.1, 0.15) is 24.2 Å². The Kier molecular flexibility index (Phi) is 24.0. The van der Waals surface area contributed by atoms with Crippen LogP contribution in [0.5, 0.6) is 17.2 Å². The fraction of sp³-hybridized carbons (Fsp3) is 0.537. The molecular weight excluding hydrogens is 1040 g/mol. The molecule has 3 aromatic rings. The monoisotopic (exact) mass is 1110 g/mol. The van der Waals surface area contributed by atoms with Crippen LogP contribution in [0, 0.1) is 6.92 Å². The summed E-state index contributed by atoms with van der Waals surface area (Å²) in [6.07, 6.45) is -15.1. The summed E-state index contributed by atoms with van der Waals surface area (Å²) in [4.78, 5) is 43.0. The highest BCUT2D eigenvalue weighted by Crippen LogP contribution is 2.47. The lowest BCUT2D eigenvalue weighted by Gasteiger charge is -2.37. The van der Waals surface area contributed by atoms with Crippen molar-refractivity contribution in [2.45, 2.75) is 140 Å². The van der Waals surface area contributed by atoms with Crippen molar-refractivity contribution in [3.8, 4) is 17.2 Å². The SMILES string of the molecule is C=C(C)CC(O)(C(=O)OC[CH2+])C(F)(F)F.CC(C)(CC(O)(CO)C(F)(F)F)c1cccc2c1OCC2.CCOC(=O)C(C)=O.CCOC(=O)C(O)(CC(C)(C)c1cccc2c1OCC2)C(F)(F)F.c1ccc2c(c1)CCO2. The Bertz CT molecular complexity index is 2450. The van der Waals surface area contributed by atoms with Crippen molar-refractivity contribution in [3.05, 3.63) is 108 Å². The molecule has 3 heterocycles. The number of carbonyl (C=O) groups excluding carboxylic acids is 4. The number of hydrogen-bond acceptors (Lipinski definition) is 14. The molecule has 3 aromatic carbocycles. The van der Waals surface area contributed by atoms with E-state index in [1.807, 2.05) is 30.3 Å². The quantitative estimate of drug-likeness (QED) is 0.0280. The topological polar surface area (TPSA) is 205 Å². The van der Waals surface area contributed by atoms with E-state index in [-0.39, 0.29) is 18.8 Å². The van der Waals surface area contributed by atoms with Gasteiger partial charge in [-0.25, -0.2) is 14.4 Å². The van der Waals surface area contributed by atoms with Crippen molar-refractivity contribution in [2.24, 2.45) is 0 Å². The van der Waals surface area contributed by atoms with E-state index in [2.05, 4.69) is 33.8 Å². The van der Waals surface area contributed by atoms with Gasteiger partial charge < -0.3 is 48.8 Å². The Balaban J connectivity index is 0.000000348. The molecule has 0 amide bonds. The van der Waals surface area contributed by atoms with Crippen LogP contribution in [0.15, 0.2) is 72.8 Å². The first-order valence-corrected chi connectivity index (χ1v) is 24.1. The average molecular weight is 1110 g/mol. The molecule has 0 saturated carbocycles. The smallest absolute Gasteiger partial charge is 0.428 e. The Hall–Kier alpha value is -6.04. The number of esters is 3. The van der Waals surface area contributed by atoms with Crippen LogP contribution in [0.3, 0.4) is 0 Å². The van der Waals surface area contributed by atoms with E-state index in [0.717, 1.165) is 36.3 Å². The molecule has 0 fully saturated rings. The highest BCUT2D eigenvalue weighted by molar-refractivity contribution is 6.32. The molecule has 0 aliphatic carbocycles. The second kappa shape index (κ2) is 27.5. The number of Topliss-reactive ketones (excluding diaryl/α,β-unsaturated/α-hetero) is 1. The average Bonchev–Trinajstić information content (AvgIpc) is 4.13. The molecule has 0 bridgehead atoms. The molecule has 3 atom stereocenters. The van der Waals surface area contributed by atoms with E-state index in [0.29, 0.717) is 42.3 Å². The van der Waals surface area contributed by atoms with Crippen molar-refractivity contribution in [1.29, 1.82) is 0 Å². The first kappa shape index (κ1) is 67.1. The van der Waals surface area contributed by atoms with Gasteiger partial charge >= 0.3 is 36.4 Å². The maximum atomic E-state index is 13.4. The van der Waals surface area contributed by atoms with Gasteiger partial charge in [0.05, 0.1) is 39.6 Å². The maximum absolute atomic E-state index is 13.4.